The second-order valence-electron chi connectivity index (χ2n) is 5.01. The van der Waals surface area contributed by atoms with Gasteiger partial charge in [-0.1, -0.05) is 25.1 Å². The van der Waals surface area contributed by atoms with E-state index in [0.29, 0.717) is 19.1 Å². The summed E-state index contributed by atoms with van der Waals surface area (Å²) in [5, 5.41) is 0. The molecule has 0 saturated carbocycles. The van der Waals surface area contributed by atoms with Crippen LogP contribution in [0.15, 0.2) is 42.5 Å². The zero-order valence-corrected chi connectivity index (χ0v) is 10.9. The average molecular weight is 255 g/mol. The predicted octanol–water partition coefficient (Wildman–Crippen LogP) is 3.34. The number of rotatable bonds is 1. The van der Waals surface area contributed by atoms with Crippen molar-refractivity contribution in [1.82, 2.24) is 0 Å². The molecule has 0 radical (unpaired) electrons. The molecule has 1 aliphatic rings. The number of hydrogen-bond donors (Lipinski definition) is 1. The van der Waals surface area contributed by atoms with Crippen molar-refractivity contribution in [3.05, 3.63) is 42.5 Å². The maximum Gasteiger partial charge on any atom is 0.161 e. The summed E-state index contributed by atoms with van der Waals surface area (Å²) in [6.07, 6.45) is 0. The minimum absolute atomic E-state index is 0.406. The van der Waals surface area contributed by atoms with Gasteiger partial charge in [-0.15, -0.1) is 0 Å². The van der Waals surface area contributed by atoms with Gasteiger partial charge in [-0.25, -0.2) is 0 Å². The van der Waals surface area contributed by atoms with Crippen LogP contribution in [0.3, 0.4) is 0 Å². The second kappa shape index (κ2) is 4.84. The third-order valence-corrected chi connectivity index (χ3v) is 3.21. The van der Waals surface area contributed by atoms with Crippen LogP contribution < -0.4 is 15.2 Å². The van der Waals surface area contributed by atoms with Crippen molar-refractivity contribution < 1.29 is 9.47 Å². The minimum Gasteiger partial charge on any atom is -0.489 e. The summed E-state index contributed by atoms with van der Waals surface area (Å²) in [5.41, 5.74) is 8.76. The Morgan fingerprint density at radius 3 is 2.47 bits per heavy atom. The lowest BCUT2D eigenvalue weighted by molar-refractivity contribution is 0.228. The number of benzene rings is 2. The fraction of sp³-hybridized carbons (Fsp3) is 0.250. The zero-order chi connectivity index (χ0) is 13.2. The van der Waals surface area contributed by atoms with Crippen LogP contribution in [0.25, 0.3) is 11.1 Å². The third-order valence-electron chi connectivity index (χ3n) is 3.21. The maximum absolute atomic E-state index is 5.82. The molecule has 1 aliphatic heterocycles. The van der Waals surface area contributed by atoms with E-state index in [4.69, 9.17) is 15.2 Å². The van der Waals surface area contributed by atoms with Gasteiger partial charge in [0, 0.05) is 11.6 Å². The standard InChI is InChI=1S/C16H17NO2/c1-11-9-18-15-6-5-13(8-16(15)19-10-11)12-3-2-4-14(17)7-12/h2-8,11H,9-10,17H2,1H3. The SMILES string of the molecule is CC1COc2ccc(-c3cccc(N)c3)cc2OC1. The highest BCUT2D eigenvalue weighted by molar-refractivity contribution is 5.70. The number of anilines is 1. The van der Waals surface area contributed by atoms with Crippen LogP contribution in [0, 0.1) is 5.92 Å². The van der Waals surface area contributed by atoms with E-state index in [-0.39, 0.29) is 0 Å². The van der Waals surface area contributed by atoms with Crippen molar-refractivity contribution in [2.45, 2.75) is 6.92 Å². The van der Waals surface area contributed by atoms with Crippen LogP contribution in [0.2, 0.25) is 0 Å². The van der Waals surface area contributed by atoms with Crippen LogP contribution in [-0.4, -0.2) is 13.2 Å². The monoisotopic (exact) mass is 255 g/mol. The molecule has 0 aromatic heterocycles. The summed E-state index contributed by atoms with van der Waals surface area (Å²) in [7, 11) is 0. The predicted molar refractivity (Wildman–Crippen MR) is 76.4 cm³/mol. The maximum atomic E-state index is 5.82. The molecule has 3 nitrogen and oxygen atoms in total. The van der Waals surface area contributed by atoms with Crippen LogP contribution >= 0.6 is 0 Å². The molecule has 3 rings (SSSR count). The molecule has 2 aromatic carbocycles. The smallest absolute Gasteiger partial charge is 0.161 e. The molecule has 19 heavy (non-hydrogen) atoms. The summed E-state index contributed by atoms with van der Waals surface area (Å²) < 4.78 is 11.5. The van der Waals surface area contributed by atoms with Crippen LogP contribution in [0.1, 0.15) is 6.92 Å². The molecule has 2 N–H and O–H groups in total. The van der Waals surface area contributed by atoms with Crippen molar-refractivity contribution in [3.63, 3.8) is 0 Å². The summed E-state index contributed by atoms with van der Waals surface area (Å²) >= 11 is 0. The quantitative estimate of drug-likeness (QED) is 0.795. The molecule has 0 saturated heterocycles. The van der Waals surface area contributed by atoms with Crippen LogP contribution in [-0.2, 0) is 0 Å². The zero-order valence-electron chi connectivity index (χ0n) is 10.9. The van der Waals surface area contributed by atoms with Crippen molar-refractivity contribution in [3.8, 4) is 22.6 Å². The lowest BCUT2D eigenvalue weighted by atomic mass is 10.0. The van der Waals surface area contributed by atoms with Crippen molar-refractivity contribution in [1.29, 1.82) is 0 Å². The van der Waals surface area contributed by atoms with Crippen molar-refractivity contribution >= 4 is 5.69 Å². The minimum atomic E-state index is 0.406. The van der Waals surface area contributed by atoms with Crippen LogP contribution in [0.5, 0.6) is 11.5 Å². The van der Waals surface area contributed by atoms with Gasteiger partial charge in [0.05, 0.1) is 13.2 Å². The van der Waals surface area contributed by atoms with Gasteiger partial charge in [0.2, 0.25) is 0 Å². The molecule has 1 heterocycles. The summed E-state index contributed by atoms with van der Waals surface area (Å²) in [4.78, 5) is 0. The van der Waals surface area contributed by atoms with Gasteiger partial charge >= 0.3 is 0 Å². The Bertz CT molecular complexity index is 595. The van der Waals surface area contributed by atoms with E-state index >= 15 is 0 Å². The molecule has 1 atom stereocenters. The molecule has 3 heteroatoms. The Morgan fingerprint density at radius 2 is 1.68 bits per heavy atom. The van der Waals surface area contributed by atoms with E-state index < -0.39 is 0 Å². The first-order valence-electron chi connectivity index (χ1n) is 6.48. The number of fused-ring (bicyclic) bond motifs is 1. The van der Waals surface area contributed by atoms with Gasteiger partial charge in [-0.2, -0.15) is 0 Å². The number of hydrogen-bond acceptors (Lipinski definition) is 3. The van der Waals surface area contributed by atoms with Gasteiger partial charge < -0.3 is 15.2 Å². The largest absolute Gasteiger partial charge is 0.489 e. The summed E-state index contributed by atoms with van der Waals surface area (Å²) in [5.74, 6) is 2.03. The Hall–Kier alpha value is -2.16. The normalized spacial score (nSPS) is 17.8. The molecule has 0 fully saturated rings. The van der Waals surface area contributed by atoms with E-state index in [1.165, 1.54) is 0 Å². The highest BCUT2D eigenvalue weighted by Crippen LogP contribution is 2.35. The highest BCUT2D eigenvalue weighted by Gasteiger charge is 2.15. The van der Waals surface area contributed by atoms with Gasteiger partial charge in [0.25, 0.3) is 0 Å². The Balaban J connectivity index is 1.97. The van der Waals surface area contributed by atoms with E-state index in [1.54, 1.807) is 0 Å². The first kappa shape index (κ1) is 11.9. The molecular weight excluding hydrogens is 238 g/mol. The van der Waals surface area contributed by atoms with E-state index in [1.807, 2.05) is 42.5 Å². The van der Waals surface area contributed by atoms with Crippen molar-refractivity contribution in [2.75, 3.05) is 18.9 Å². The fourth-order valence-corrected chi connectivity index (χ4v) is 2.15. The molecule has 0 amide bonds. The summed E-state index contributed by atoms with van der Waals surface area (Å²) in [6.45, 7) is 3.50. The Kier molecular flexibility index (Phi) is 3.03. The average Bonchev–Trinajstić information content (AvgIpc) is 2.61. The Labute approximate surface area is 113 Å². The van der Waals surface area contributed by atoms with Gasteiger partial charge in [0.1, 0.15) is 0 Å². The van der Waals surface area contributed by atoms with Crippen LogP contribution in [0.4, 0.5) is 5.69 Å². The highest BCUT2D eigenvalue weighted by atomic mass is 16.5. The first-order valence-corrected chi connectivity index (χ1v) is 6.48. The number of ether oxygens (including phenoxy) is 2. The number of nitrogen functional groups attached to an aromatic ring is 1. The van der Waals surface area contributed by atoms with Gasteiger partial charge in [-0.3, -0.25) is 0 Å². The lowest BCUT2D eigenvalue weighted by Crippen LogP contribution is -2.12. The summed E-state index contributed by atoms with van der Waals surface area (Å²) in [6, 6.07) is 13.9. The number of nitrogens with two attached hydrogens (primary N) is 1. The molecule has 0 bridgehead atoms. The second-order valence-corrected chi connectivity index (χ2v) is 5.01. The molecule has 0 spiro atoms. The van der Waals surface area contributed by atoms with Gasteiger partial charge in [0.15, 0.2) is 11.5 Å². The molecule has 0 aliphatic carbocycles. The van der Waals surface area contributed by atoms with Crippen molar-refractivity contribution in [2.24, 2.45) is 5.92 Å². The molecule has 2 aromatic rings. The van der Waals surface area contributed by atoms with E-state index in [9.17, 15) is 0 Å². The first-order chi connectivity index (χ1) is 9.22. The fourth-order valence-electron chi connectivity index (χ4n) is 2.15. The van der Waals surface area contributed by atoms with E-state index in [2.05, 4.69) is 6.92 Å². The Morgan fingerprint density at radius 1 is 0.947 bits per heavy atom. The molecule has 98 valence electrons. The third kappa shape index (κ3) is 2.50. The van der Waals surface area contributed by atoms with E-state index in [0.717, 1.165) is 28.3 Å². The van der Waals surface area contributed by atoms with Gasteiger partial charge in [-0.05, 0) is 35.4 Å². The topological polar surface area (TPSA) is 44.5 Å². The molecular formula is C16H17NO2. The molecule has 1 unspecified atom stereocenters. The lowest BCUT2D eigenvalue weighted by Gasteiger charge is -2.09.